The number of aromatic nitrogens is 1. The zero-order chi connectivity index (χ0) is 23.8. The Hall–Kier alpha value is -3.79. The molecule has 33 heavy (non-hydrogen) atoms. The Bertz CT molecular complexity index is 1240. The Labute approximate surface area is 187 Å². The smallest absolute Gasteiger partial charge is 0.354 e. The third-order valence-corrected chi connectivity index (χ3v) is 5.46. The first kappa shape index (κ1) is 22.4. The van der Waals surface area contributed by atoms with E-state index in [4.69, 9.17) is 4.74 Å². The molecule has 3 N–H and O–H groups in total. The van der Waals surface area contributed by atoms with Gasteiger partial charge in [0.15, 0.2) is 0 Å². The molecule has 10 heteroatoms. The van der Waals surface area contributed by atoms with Crippen molar-refractivity contribution in [2.75, 3.05) is 18.1 Å². The number of hydrogen-bond acceptors (Lipinski definition) is 5. The molecule has 0 radical (unpaired) electrons. The fourth-order valence-electron chi connectivity index (χ4n) is 3.81. The first-order chi connectivity index (χ1) is 15.7. The maximum absolute atomic E-state index is 13.3. The number of benzene rings is 2. The number of carbonyl (C=O) groups excluding carboxylic acids is 3. The first-order valence-electron chi connectivity index (χ1n) is 10.3. The minimum atomic E-state index is -2.31. The molecule has 2 heterocycles. The van der Waals surface area contributed by atoms with E-state index in [1.807, 2.05) is 0 Å². The molecule has 2 amide bonds. The van der Waals surface area contributed by atoms with Gasteiger partial charge in [-0.1, -0.05) is 0 Å². The van der Waals surface area contributed by atoms with Crippen LogP contribution in [-0.4, -0.2) is 46.6 Å². The van der Waals surface area contributed by atoms with Crippen LogP contribution in [0.2, 0.25) is 0 Å². The van der Waals surface area contributed by atoms with Crippen LogP contribution in [0.25, 0.3) is 10.9 Å². The topological polar surface area (TPSA) is 112 Å². The molecule has 0 aliphatic carbocycles. The van der Waals surface area contributed by atoms with Gasteiger partial charge in [-0.2, -0.15) is 0 Å². The zero-order valence-electron chi connectivity index (χ0n) is 17.7. The molecule has 1 atom stereocenters. The van der Waals surface area contributed by atoms with Gasteiger partial charge < -0.3 is 25.0 Å². The molecule has 4 rings (SSSR count). The number of esters is 1. The standard InChI is InChI=1S/C23H21F2N3O5/c1-2-33-20(29)19-10-14-9-17(3-4-18(14)27-19)28-6-5-23(32,22(28)31)21(30)26-12-13-7-15(24)11-16(25)8-13/h3-4,7-11,27,32H,2,5-6,12H2,1H3,(H,26,30). The molecule has 3 aromatic rings. The summed E-state index contributed by atoms with van der Waals surface area (Å²) < 4.78 is 31.6. The van der Waals surface area contributed by atoms with E-state index < -0.39 is 35.0 Å². The maximum atomic E-state index is 13.3. The van der Waals surface area contributed by atoms with Crippen molar-refractivity contribution in [2.45, 2.75) is 25.5 Å². The molecule has 1 aliphatic rings. The lowest BCUT2D eigenvalue weighted by molar-refractivity contribution is -0.149. The number of H-pyrrole nitrogens is 1. The van der Waals surface area contributed by atoms with Crippen LogP contribution in [0.15, 0.2) is 42.5 Å². The lowest BCUT2D eigenvalue weighted by Gasteiger charge is -2.22. The minimum absolute atomic E-state index is 0.0814. The van der Waals surface area contributed by atoms with Gasteiger partial charge in [0.2, 0.25) is 5.60 Å². The predicted octanol–water partition coefficient (Wildman–Crippen LogP) is 2.41. The summed E-state index contributed by atoms with van der Waals surface area (Å²) in [5.41, 5.74) is -0.792. The van der Waals surface area contributed by atoms with Crippen molar-refractivity contribution in [1.29, 1.82) is 0 Å². The predicted molar refractivity (Wildman–Crippen MR) is 114 cm³/mol. The van der Waals surface area contributed by atoms with E-state index in [9.17, 15) is 28.3 Å². The second-order valence-electron chi connectivity index (χ2n) is 7.70. The molecule has 0 saturated carbocycles. The van der Waals surface area contributed by atoms with Crippen LogP contribution < -0.4 is 10.2 Å². The summed E-state index contributed by atoms with van der Waals surface area (Å²) in [6.07, 6.45) is -0.158. The van der Waals surface area contributed by atoms with E-state index in [0.29, 0.717) is 22.7 Å². The fraction of sp³-hybridized carbons (Fsp3) is 0.261. The number of rotatable bonds is 6. The molecular formula is C23H21F2N3O5. The summed E-state index contributed by atoms with van der Waals surface area (Å²) in [7, 11) is 0. The van der Waals surface area contributed by atoms with Crippen LogP contribution in [0, 0.1) is 11.6 Å². The molecule has 1 aliphatic heterocycles. The van der Waals surface area contributed by atoms with E-state index in [0.717, 1.165) is 12.1 Å². The van der Waals surface area contributed by atoms with Crippen LogP contribution in [-0.2, 0) is 20.9 Å². The van der Waals surface area contributed by atoms with Crippen molar-refractivity contribution in [3.8, 4) is 0 Å². The van der Waals surface area contributed by atoms with Crippen LogP contribution in [0.4, 0.5) is 14.5 Å². The Morgan fingerprint density at radius 3 is 2.61 bits per heavy atom. The molecule has 1 aromatic heterocycles. The number of nitrogens with one attached hydrogen (secondary N) is 2. The largest absolute Gasteiger partial charge is 0.461 e. The number of anilines is 1. The Kier molecular flexibility index (Phi) is 5.86. The van der Waals surface area contributed by atoms with E-state index >= 15 is 0 Å². The van der Waals surface area contributed by atoms with Crippen molar-refractivity contribution in [1.82, 2.24) is 10.3 Å². The normalized spacial score (nSPS) is 18.1. The van der Waals surface area contributed by atoms with Crippen molar-refractivity contribution in [2.24, 2.45) is 0 Å². The molecule has 1 fully saturated rings. The van der Waals surface area contributed by atoms with Gasteiger partial charge in [0.05, 0.1) is 6.61 Å². The molecular weight excluding hydrogens is 436 g/mol. The average molecular weight is 457 g/mol. The van der Waals surface area contributed by atoms with Gasteiger partial charge in [0, 0.05) is 42.2 Å². The number of aliphatic hydroxyl groups is 1. The molecule has 8 nitrogen and oxygen atoms in total. The highest BCUT2D eigenvalue weighted by Crippen LogP contribution is 2.31. The minimum Gasteiger partial charge on any atom is -0.461 e. The maximum Gasteiger partial charge on any atom is 0.354 e. The van der Waals surface area contributed by atoms with Gasteiger partial charge >= 0.3 is 5.97 Å². The van der Waals surface area contributed by atoms with Crippen LogP contribution in [0.1, 0.15) is 29.4 Å². The van der Waals surface area contributed by atoms with Gasteiger partial charge in [-0.3, -0.25) is 9.59 Å². The second kappa shape index (κ2) is 8.62. The Balaban J connectivity index is 1.49. The molecule has 0 spiro atoms. The van der Waals surface area contributed by atoms with Crippen molar-refractivity contribution in [3.63, 3.8) is 0 Å². The highest BCUT2D eigenvalue weighted by Gasteiger charge is 2.51. The summed E-state index contributed by atoms with van der Waals surface area (Å²) in [5.74, 6) is -3.87. The summed E-state index contributed by atoms with van der Waals surface area (Å²) in [6.45, 7) is 1.76. The third kappa shape index (κ3) is 4.29. The monoisotopic (exact) mass is 457 g/mol. The summed E-state index contributed by atoms with van der Waals surface area (Å²) in [5, 5.41) is 13.8. The highest BCUT2D eigenvalue weighted by atomic mass is 19.1. The van der Waals surface area contributed by atoms with Gasteiger partial charge in [0.25, 0.3) is 11.8 Å². The third-order valence-electron chi connectivity index (χ3n) is 5.46. The zero-order valence-corrected chi connectivity index (χ0v) is 17.7. The average Bonchev–Trinajstić information content (AvgIpc) is 3.33. The van der Waals surface area contributed by atoms with Crippen molar-refractivity contribution < 1.29 is 33.0 Å². The van der Waals surface area contributed by atoms with Crippen molar-refractivity contribution >= 4 is 34.4 Å². The summed E-state index contributed by atoms with van der Waals surface area (Å²) in [4.78, 5) is 41.7. The Morgan fingerprint density at radius 2 is 1.91 bits per heavy atom. The van der Waals surface area contributed by atoms with Gasteiger partial charge in [-0.15, -0.1) is 0 Å². The van der Waals surface area contributed by atoms with Gasteiger partial charge in [-0.05, 0) is 48.9 Å². The number of amides is 2. The van der Waals surface area contributed by atoms with E-state index in [-0.39, 0.29) is 37.4 Å². The number of fused-ring (bicyclic) bond motifs is 1. The van der Waals surface area contributed by atoms with E-state index in [2.05, 4.69) is 10.3 Å². The number of nitrogens with zero attached hydrogens (tertiary/aromatic N) is 1. The second-order valence-corrected chi connectivity index (χ2v) is 7.70. The van der Waals surface area contributed by atoms with Crippen LogP contribution in [0.3, 0.4) is 0 Å². The highest BCUT2D eigenvalue weighted by molar-refractivity contribution is 6.16. The molecule has 172 valence electrons. The van der Waals surface area contributed by atoms with Gasteiger partial charge in [0.1, 0.15) is 17.3 Å². The molecule has 1 saturated heterocycles. The number of hydrogen-bond donors (Lipinski definition) is 3. The van der Waals surface area contributed by atoms with Crippen LogP contribution >= 0.6 is 0 Å². The van der Waals surface area contributed by atoms with E-state index in [1.54, 1.807) is 31.2 Å². The number of carbonyl (C=O) groups is 3. The number of halogens is 2. The number of aromatic amines is 1. The Morgan fingerprint density at radius 1 is 1.18 bits per heavy atom. The molecule has 0 bridgehead atoms. The first-order valence-corrected chi connectivity index (χ1v) is 10.3. The summed E-state index contributed by atoms with van der Waals surface area (Å²) >= 11 is 0. The SMILES string of the molecule is CCOC(=O)c1cc2cc(N3CCC(O)(C(=O)NCc4cc(F)cc(F)c4)C3=O)ccc2[nH]1. The lowest BCUT2D eigenvalue weighted by atomic mass is 10.0. The fourth-order valence-corrected chi connectivity index (χ4v) is 3.81. The van der Waals surface area contributed by atoms with Crippen LogP contribution in [0.5, 0.6) is 0 Å². The summed E-state index contributed by atoms with van der Waals surface area (Å²) in [6, 6.07) is 9.36. The number of ether oxygens (including phenoxy) is 1. The van der Waals surface area contributed by atoms with Crippen molar-refractivity contribution in [3.05, 3.63) is 65.4 Å². The lowest BCUT2D eigenvalue weighted by Crippen LogP contribution is -2.52. The molecule has 1 unspecified atom stereocenters. The van der Waals surface area contributed by atoms with Gasteiger partial charge in [-0.25, -0.2) is 13.6 Å². The molecule has 2 aromatic carbocycles. The quantitative estimate of drug-likeness (QED) is 0.389. The van der Waals surface area contributed by atoms with E-state index in [1.165, 1.54) is 4.90 Å².